The number of hydrogen-bond acceptors (Lipinski definition) is 5. The van der Waals surface area contributed by atoms with Gasteiger partial charge in [-0.25, -0.2) is 18.4 Å². The van der Waals surface area contributed by atoms with Crippen molar-refractivity contribution in [1.29, 1.82) is 0 Å². The van der Waals surface area contributed by atoms with E-state index >= 15 is 0 Å². The first-order chi connectivity index (χ1) is 10.3. The van der Waals surface area contributed by atoms with E-state index in [-0.39, 0.29) is 16.5 Å². The van der Waals surface area contributed by atoms with Crippen LogP contribution in [0.1, 0.15) is 17.4 Å². The van der Waals surface area contributed by atoms with Crippen molar-refractivity contribution in [3.8, 4) is 0 Å². The molecule has 0 aliphatic heterocycles. The molecule has 0 radical (unpaired) electrons. The Hall–Kier alpha value is -1.51. The van der Waals surface area contributed by atoms with Crippen LogP contribution in [0.25, 0.3) is 0 Å². The number of halogens is 2. The molecule has 0 bridgehead atoms. The summed E-state index contributed by atoms with van der Waals surface area (Å²) in [5.41, 5.74) is 0.342. The van der Waals surface area contributed by atoms with Crippen molar-refractivity contribution in [2.24, 2.45) is 0 Å². The van der Waals surface area contributed by atoms with Gasteiger partial charge in [0.15, 0.2) is 5.69 Å². The Bertz CT molecular complexity index is 810. The summed E-state index contributed by atoms with van der Waals surface area (Å²) >= 11 is 9.17. The standard InChI is InChI=1S/C13H11BrClN3O3S/c1-2-22(20,21)13-16-7-10(15)11(18-13)12(19)17-9-5-3-8(14)4-6-9/h3-7H,2H2,1H3,(H,17,19). The summed E-state index contributed by atoms with van der Waals surface area (Å²) < 4.78 is 24.4. The SMILES string of the molecule is CCS(=O)(=O)c1ncc(Cl)c(C(=O)Nc2ccc(Br)cc2)n1. The molecule has 2 rings (SSSR count). The lowest BCUT2D eigenvalue weighted by molar-refractivity contribution is 0.102. The Morgan fingerprint density at radius 2 is 1.95 bits per heavy atom. The summed E-state index contributed by atoms with van der Waals surface area (Å²) in [6, 6.07) is 6.87. The average molecular weight is 405 g/mol. The highest BCUT2D eigenvalue weighted by molar-refractivity contribution is 9.10. The molecule has 0 atom stereocenters. The molecule has 22 heavy (non-hydrogen) atoms. The van der Waals surface area contributed by atoms with Gasteiger partial charge < -0.3 is 5.32 Å². The normalized spacial score (nSPS) is 11.2. The zero-order valence-corrected chi connectivity index (χ0v) is 14.5. The summed E-state index contributed by atoms with van der Waals surface area (Å²) in [7, 11) is -3.62. The summed E-state index contributed by atoms with van der Waals surface area (Å²) in [6.07, 6.45) is 1.10. The fourth-order valence-corrected chi connectivity index (χ4v) is 2.66. The largest absolute Gasteiger partial charge is 0.321 e. The van der Waals surface area contributed by atoms with E-state index in [4.69, 9.17) is 11.6 Å². The van der Waals surface area contributed by atoms with E-state index in [0.29, 0.717) is 5.69 Å². The fourth-order valence-electron chi connectivity index (χ4n) is 1.51. The van der Waals surface area contributed by atoms with Gasteiger partial charge in [0.2, 0.25) is 15.0 Å². The number of amides is 1. The minimum Gasteiger partial charge on any atom is -0.321 e. The van der Waals surface area contributed by atoms with Gasteiger partial charge in [-0.05, 0) is 24.3 Å². The van der Waals surface area contributed by atoms with Crippen molar-refractivity contribution >= 4 is 49.0 Å². The maximum absolute atomic E-state index is 12.2. The van der Waals surface area contributed by atoms with Crippen LogP contribution < -0.4 is 5.32 Å². The van der Waals surface area contributed by atoms with Gasteiger partial charge in [0.05, 0.1) is 17.0 Å². The summed E-state index contributed by atoms with van der Waals surface area (Å²) in [4.78, 5) is 19.6. The Balaban J connectivity index is 2.33. The Labute approximate surface area is 141 Å². The number of benzene rings is 1. The number of nitrogens with one attached hydrogen (secondary N) is 1. The first-order valence-electron chi connectivity index (χ1n) is 6.15. The van der Waals surface area contributed by atoms with Crippen LogP contribution >= 0.6 is 27.5 Å². The zero-order chi connectivity index (χ0) is 16.3. The third kappa shape index (κ3) is 3.82. The quantitative estimate of drug-likeness (QED) is 0.791. The van der Waals surface area contributed by atoms with Gasteiger partial charge >= 0.3 is 0 Å². The third-order valence-electron chi connectivity index (χ3n) is 2.70. The monoisotopic (exact) mass is 403 g/mol. The molecule has 9 heteroatoms. The van der Waals surface area contributed by atoms with E-state index in [1.807, 2.05) is 0 Å². The first kappa shape index (κ1) is 16.9. The number of hydrogen-bond donors (Lipinski definition) is 1. The molecule has 0 aliphatic carbocycles. The Kier molecular flexibility index (Phi) is 5.15. The number of rotatable bonds is 4. The molecule has 1 aromatic carbocycles. The van der Waals surface area contributed by atoms with E-state index in [0.717, 1.165) is 10.7 Å². The second-order valence-electron chi connectivity index (χ2n) is 4.21. The summed E-state index contributed by atoms with van der Waals surface area (Å²) in [6.45, 7) is 1.47. The number of aromatic nitrogens is 2. The maximum atomic E-state index is 12.2. The number of anilines is 1. The molecule has 0 spiro atoms. The molecular formula is C13H11BrClN3O3S. The van der Waals surface area contributed by atoms with E-state index < -0.39 is 20.9 Å². The molecule has 116 valence electrons. The molecule has 0 unspecified atom stereocenters. The van der Waals surface area contributed by atoms with Gasteiger partial charge in [0.1, 0.15) is 0 Å². The van der Waals surface area contributed by atoms with Crippen LogP contribution in [0.15, 0.2) is 40.1 Å². The number of carbonyl (C=O) groups is 1. The maximum Gasteiger partial charge on any atom is 0.275 e. The molecular weight excluding hydrogens is 394 g/mol. The smallest absolute Gasteiger partial charge is 0.275 e. The van der Waals surface area contributed by atoms with Gasteiger partial charge in [-0.15, -0.1) is 0 Å². The predicted octanol–water partition coefficient (Wildman–Crippen LogP) is 2.94. The van der Waals surface area contributed by atoms with Crippen LogP contribution in [-0.4, -0.2) is 30.0 Å². The van der Waals surface area contributed by atoms with Crippen molar-refractivity contribution in [2.45, 2.75) is 12.1 Å². The van der Waals surface area contributed by atoms with Crippen LogP contribution in [0.4, 0.5) is 5.69 Å². The van der Waals surface area contributed by atoms with Crippen molar-refractivity contribution in [2.75, 3.05) is 11.1 Å². The average Bonchev–Trinajstić information content (AvgIpc) is 2.49. The summed E-state index contributed by atoms with van der Waals surface area (Å²) in [5, 5.41) is 2.15. The fraction of sp³-hybridized carbons (Fsp3) is 0.154. The van der Waals surface area contributed by atoms with Gasteiger partial charge in [0.25, 0.3) is 5.91 Å². The van der Waals surface area contributed by atoms with Crippen LogP contribution in [0, 0.1) is 0 Å². The molecule has 0 saturated heterocycles. The van der Waals surface area contributed by atoms with E-state index in [1.54, 1.807) is 24.3 Å². The van der Waals surface area contributed by atoms with Crippen LogP contribution in [0.2, 0.25) is 5.02 Å². The van der Waals surface area contributed by atoms with Gasteiger partial charge in [0, 0.05) is 10.2 Å². The van der Waals surface area contributed by atoms with Crippen molar-refractivity contribution < 1.29 is 13.2 Å². The van der Waals surface area contributed by atoms with Crippen molar-refractivity contribution in [3.05, 3.63) is 45.7 Å². The van der Waals surface area contributed by atoms with Crippen molar-refractivity contribution in [1.82, 2.24) is 9.97 Å². The minimum atomic E-state index is -3.62. The van der Waals surface area contributed by atoms with E-state index in [2.05, 4.69) is 31.2 Å². The second-order valence-corrected chi connectivity index (χ2v) is 7.71. The molecule has 1 N–H and O–H groups in total. The topological polar surface area (TPSA) is 89.0 Å². The minimum absolute atomic E-state index is 0.0235. The highest BCUT2D eigenvalue weighted by atomic mass is 79.9. The van der Waals surface area contributed by atoms with Crippen LogP contribution in [-0.2, 0) is 9.84 Å². The zero-order valence-electron chi connectivity index (χ0n) is 11.4. The Morgan fingerprint density at radius 3 is 2.55 bits per heavy atom. The van der Waals surface area contributed by atoms with Gasteiger partial charge in [-0.3, -0.25) is 4.79 Å². The molecule has 1 aromatic heterocycles. The lowest BCUT2D eigenvalue weighted by atomic mass is 10.3. The summed E-state index contributed by atoms with van der Waals surface area (Å²) in [5.74, 6) is -0.773. The molecule has 1 amide bonds. The van der Waals surface area contributed by atoms with Crippen LogP contribution in [0.3, 0.4) is 0 Å². The Morgan fingerprint density at radius 1 is 1.32 bits per heavy atom. The molecule has 2 aromatic rings. The first-order valence-corrected chi connectivity index (χ1v) is 8.98. The number of carbonyl (C=O) groups excluding carboxylic acids is 1. The van der Waals surface area contributed by atoms with Crippen molar-refractivity contribution in [3.63, 3.8) is 0 Å². The highest BCUT2D eigenvalue weighted by Crippen LogP contribution is 2.18. The third-order valence-corrected chi connectivity index (χ3v) is 5.02. The van der Waals surface area contributed by atoms with E-state index in [1.165, 1.54) is 6.92 Å². The lowest BCUT2D eigenvalue weighted by Crippen LogP contribution is -2.18. The highest BCUT2D eigenvalue weighted by Gasteiger charge is 2.20. The van der Waals surface area contributed by atoms with Gasteiger partial charge in [-0.1, -0.05) is 34.5 Å². The molecule has 1 heterocycles. The number of nitrogens with zero attached hydrogens (tertiary/aromatic N) is 2. The second kappa shape index (κ2) is 6.72. The van der Waals surface area contributed by atoms with Gasteiger partial charge in [-0.2, -0.15) is 0 Å². The number of sulfone groups is 1. The molecule has 0 aliphatic rings. The molecule has 6 nitrogen and oxygen atoms in total. The lowest BCUT2D eigenvalue weighted by Gasteiger charge is -2.07. The van der Waals surface area contributed by atoms with Crippen LogP contribution in [0.5, 0.6) is 0 Å². The molecule has 0 fully saturated rings. The van der Waals surface area contributed by atoms with E-state index in [9.17, 15) is 13.2 Å². The molecule has 0 saturated carbocycles. The predicted molar refractivity (Wildman–Crippen MR) is 86.9 cm³/mol.